The van der Waals surface area contributed by atoms with E-state index in [2.05, 4.69) is 10.6 Å². The highest BCUT2D eigenvalue weighted by Crippen LogP contribution is 2.15. The largest absolute Gasteiger partial charge is 0.354 e. The highest BCUT2D eigenvalue weighted by atomic mass is 35.5. The summed E-state index contributed by atoms with van der Waals surface area (Å²) in [6.45, 7) is 0.416. The van der Waals surface area contributed by atoms with Crippen molar-refractivity contribution in [1.82, 2.24) is 10.6 Å². The number of thioether (sulfide) groups is 1. The van der Waals surface area contributed by atoms with Crippen LogP contribution in [0.5, 0.6) is 0 Å². The van der Waals surface area contributed by atoms with Crippen molar-refractivity contribution < 1.29 is 9.18 Å². The smallest absolute Gasteiger partial charge is 0.238 e. The number of amides is 1. The Labute approximate surface area is 114 Å². The van der Waals surface area contributed by atoms with E-state index >= 15 is 0 Å². The molecule has 0 bridgehead atoms. The van der Waals surface area contributed by atoms with E-state index in [4.69, 9.17) is 11.6 Å². The summed E-state index contributed by atoms with van der Waals surface area (Å²) in [4.78, 5) is 11.7. The third kappa shape index (κ3) is 3.60. The molecule has 2 rings (SSSR count). The van der Waals surface area contributed by atoms with Crippen LogP contribution in [0.25, 0.3) is 0 Å². The van der Waals surface area contributed by atoms with Crippen molar-refractivity contribution in [2.75, 3.05) is 18.2 Å². The van der Waals surface area contributed by atoms with E-state index in [1.165, 1.54) is 12.1 Å². The number of nitrogens with one attached hydrogen (secondary N) is 2. The van der Waals surface area contributed by atoms with E-state index in [-0.39, 0.29) is 17.8 Å². The molecule has 0 saturated carbocycles. The Bertz CT molecular complexity index is 438. The Balaban J connectivity index is 1.81. The molecule has 0 spiro atoms. The molecule has 0 aliphatic carbocycles. The van der Waals surface area contributed by atoms with Gasteiger partial charge < -0.3 is 5.32 Å². The fourth-order valence-corrected chi connectivity index (χ4v) is 2.88. The van der Waals surface area contributed by atoms with Crippen molar-refractivity contribution in [3.63, 3.8) is 0 Å². The molecule has 18 heavy (non-hydrogen) atoms. The molecule has 1 aromatic carbocycles. The second kappa shape index (κ2) is 6.41. The van der Waals surface area contributed by atoms with Crippen LogP contribution in [0.4, 0.5) is 4.39 Å². The maximum atomic E-state index is 13.4. The first kappa shape index (κ1) is 13.6. The molecule has 1 aliphatic rings. The van der Waals surface area contributed by atoms with Gasteiger partial charge in [0.2, 0.25) is 5.91 Å². The topological polar surface area (TPSA) is 41.1 Å². The summed E-state index contributed by atoms with van der Waals surface area (Å²) in [5.41, 5.74) is 0.525. The molecule has 1 fully saturated rings. The van der Waals surface area contributed by atoms with Gasteiger partial charge in [0.05, 0.1) is 6.04 Å². The highest BCUT2D eigenvalue weighted by molar-refractivity contribution is 7.99. The van der Waals surface area contributed by atoms with E-state index in [1.54, 1.807) is 17.8 Å². The van der Waals surface area contributed by atoms with Gasteiger partial charge >= 0.3 is 0 Å². The zero-order valence-corrected chi connectivity index (χ0v) is 11.3. The second-order valence-electron chi connectivity index (χ2n) is 4.05. The van der Waals surface area contributed by atoms with Crippen molar-refractivity contribution in [3.05, 3.63) is 34.6 Å². The van der Waals surface area contributed by atoms with Crippen molar-refractivity contribution in [1.29, 1.82) is 0 Å². The first-order chi connectivity index (χ1) is 8.66. The van der Waals surface area contributed by atoms with Gasteiger partial charge in [0.15, 0.2) is 0 Å². The number of hydrogen-bond donors (Lipinski definition) is 2. The van der Waals surface area contributed by atoms with Gasteiger partial charge in [-0.2, -0.15) is 0 Å². The van der Waals surface area contributed by atoms with E-state index in [0.29, 0.717) is 23.6 Å². The molecule has 6 heteroatoms. The van der Waals surface area contributed by atoms with Gasteiger partial charge in [-0.1, -0.05) is 11.6 Å². The van der Waals surface area contributed by atoms with Crippen molar-refractivity contribution in [3.8, 4) is 0 Å². The molecule has 1 amide bonds. The fourth-order valence-electron chi connectivity index (χ4n) is 1.74. The number of carbonyl (C=O) groups is 1. The van der Waals surface area contributed by atoms with Crippen LogP contribution in [0.2, 0.25) is 5.02 Å². The molecule has 1 heterocycles. The molecule has 1 aliphatic heterocycles. The average Bonchev–Trinajstić information content (AvgIpc) is 2.87. The molecule has 1 aromatic rings. The Morgan fingerprint density at radius 3 is 3.17 bits per heavy atom. The lowest BCUT2D eigenvalue weighted by molar-refractivity contribution is -0.122. The quantitative estimate of drug-likeness (QED) is 0.888. The summed E-state index contributed by atoms with van der Waals surface area (Å²) in [7, 11) is 0. The van der Waals surface area contributed by atoms with Crippen LogP contribution < -0.4 is 10.6 Å². The molecule has 0 aromatic heterocycles. The highest BCUT2D eigenvalue weighted by Gasteiger charge is 2.21. The lowest BCUT2D eigenvalue weighted by atomic mass is 10.1. The summed E-state index contributed by atoms with van der Waals surface area (Å²) in [5, 5.41) is 6.38. The first-order valence-corrected chi connectivity index (χ1v) is 7.23. The van der Waals surface area contributed by atoms with Crippen molar-refractivity contribution in [2.24, 2.45) is 0 Å². The van der Waals surface area contributed by atoms with Crippen LogP contribution in [0, 0.1) is 5.82 Å². The minimum absolute atomic E-state index is 0.0255. The summed E-state index contributed by atoms with van der Waals surface area (Å²) in [6, 6.07) is 4.32. The maximum Gasteiger partial charge on any atom is 0.238 e. The maximum absolute atomic E-state index is 13.4. The number of carbonyl (C=O) groups excluding carboxylic acids is 1. The molecule has 3 nitrogen and oxygen atoms in total. The van der Waals surface area contributed by atoms with E-state index in [1.807, 2.05) is 0 Å². The zero-order chi connectivity index (χ0) is 13.0. The van der Waals surface area contributed by atoms with Crippen molar-refractivity contribution >= 4 is 29.3 Å². The Hall–Kier alpha value is -0.780. The van der Waals surface area contributed by atoms with Gasteiger partial charge in [0.25, 0.3) is 0 Å². The molecule has 1 unspecified atom stereocenters. The van der Waals surface area contributed by atoms with Crippen LogP contribution in [-0.4, -0.2) is 30.1 Å². The van der Waals surface area contributed by atoms with Gasteiger partial charge in [-0.05, 0) is 30.2 Å². The number of benzene rings is 1. The molecule has 0 radical (unpaired) electrons. The van der Waals surface area contributed by atoms with Crippen LogP contribution in [0.15, 0.2) is 18.2 Å². The molecule has 98 valence electrons. The molecule has 2 N–H and O–H groups in total. The standard InChI is InChI=1S/C12H14ClFN2OS/c13-9-1-2-10(14)8(5-9)3-4-15-12(17)11-6-18-7-16-11/h1-2,5,11,16H,3-4,6-7H2,(H,15,17). The van der Waals surface area contributed by atoms with Gasteiger partial charge in [-0.25, -0.2) is 4.39 Å². The molecular formula is C12H14ClFN2OS. The number of halogens is 2. The predicted octanol–water partition coefficient (Wildman–Crippen LogP) is 1.80. The third-order valence-electron chi connectivity index (χ3n) is 2.73. The fraction of sp³-hybridized carbons (Fsp3) is 0.417. The van der Waals surface area contributed by atoms with E-state index in [0.717, 1.165) is 11.6 Å². The molecular weight excluding hydrogens is 275 g/mol. The van der Waals surface area contributed by atoms with Gasteiger partial charge in [-0.3, -0.25) is 10.1 Å². The average molecular weight is 289 g/mol. The second-order valence-corrected chi connectivity index (χ2v) is 5.52. The van der Waals surface area contributed by atoms with Crippen molar-refractivity contribution in [2.45, 2.75) is 12.5 Å². The molecule has 1 atom stereocenters. The number of hydrogen-bond acceptors (Lipinski definition) is 3. The van der Waals surface area contributed by atoms with Crippen LogP contribution in [0.1, 0.15) is 5.56 Å². The monoisotopic (exact) mass is 288 g/mol. The molecule has 1 saturated heterocycles. The number of rotatable bonds is 4. The zero-order valence-electron chi connectivity index (χ0n) is 9.71. The minimum Gasteiger partial charge on any atom is -0.354 e. The van der Waals surface area contributed by atoms with Gasteiger partial charge in [-0.15, -0.1) is 11.8 Å². The third-order valence-corrected chi connectivity index (χ3v) is 3.91. The van der Waals surface area contributed by atoms with Crippen LogP contribution in [0.3, 0.4) is 0 Å². The summed E-state index contributed by atoms with van der Waals surface area (Å²) in [5.74, 6) is 1.28. The van der Waals surface area contributed by atoms with Gasteiger partial charge in [0, 0.05) is 23.2 Å². The minimum atomic E-state index is -0.289. The van der Waals surface area contributed by atoms with Crippen LogP contribution in [-0.2, 0) is 11.2 Å². The Morgan fingerprint density at radius 1 is 1.61 bits per heavy atom. The van der Waals surface area contributed by atoms with Gasteiger partial charge in [0.1, 0.15) is 5.82 Å². The summed E-state index contributed by atoms with van der Waals surface area (Å²) >= 11 is 7.49. The first-order valence-electron chi connectivity index (χ1n) is 5.69. The predicted molar refractivity (Wildman–Crippen MR) is 72.4 cm³/mol. The SMILES string of the molecule is O=C(NCCc1cc(Cl)ccc1F)C1CSCN1. The van der Waals surface area contributed by atoms with Crippen LogP contribution >= 0.6 is 23.4 Å². The summed E-state index contributed by atoms with van der Waals surface area (Å²) in [6.07, 6.45) is 0.442. The Morgan fingerprint density at radius 2 is 2.44 bits per heavy atom. The van der Waals surface area contributed by atoms with E-state index in [9.17, 15) is 9.18 Å². The lowest BCUT2D eigenvalue weighted by Gasteiger charge is -2.10. The van der Waals surface area contributed by atoms with E-state index < -0.39 is 0 Å². The lowest BCUT2D eigenvalue weighted by Crippen LogP contribution is -2.42. The Kier molecular flexibility index (Phi) is 4.86. The normalized spacial score (nSPS) is 18.9. The summed E-state index contributed by atoms with van der Waals surface area (Å²) < 4.78 is 13.4.